The summed E-state index contributed by atoms with van der Waals surface area (Å²) in [4.78, 5) is 0. The van der Waals surface area contributed by atoms with Crippen molar-refractivity contribution < 1.29 is 30.0 Å². The van der Waals surface area contributed by atoms with E-state index in [1.54, 1.807) is 0 Å². The molecule has 0 aliphatic heterocycles. The molecule has 10 heavy (non-hydrogen) atoms. The second kappa shape index (κ2) is 8.25. The Morgan fingerprint density at radius 2 is 1.80 bits per heavy atom. The summed E-state index contributed by atoms with van der Waals surface area (Å²) >= 11 is 0. The number of unbranched alkanes of at least 4 members (excludes halogenated alkanes) is 1. The quantitative estimate of drug-likeness (QED) is 0.390. The van der Waals surface area contributed by atoms with Crippen molar-refractivity contribution in [2.45, 2.75) is 19.8 Å². The topological polar surface area (TPSA) is 57.2 Å². The Balaban J connectivity index is -0.000000245. The van der Waals surface area contributed by atoms with Gasteiger partial charge in [-0.25, -0.2) is 8.42 Å². The van der Waals surface area contributed by atoms with Crippen molar-refractivity contribution in [2.75, 3.05) is 5.75 Å². The molecule has 0 radical (unpaired) electrons. The first-order valence-electron chi connectivity index (χ1n) is 2.50. The van der Waals surface area contributed by atoms with Crippen molar-refractivity contribution in [1.82, 2.24) is 0 Å². The van der Waals surface area contributed by atoms with Crippen LogP contribution < -0.4 is 17.0 Å². The van der Waals surface area contributed by atoms with Crippen molar-refractivity contribution in [2.24, 2.45) is 0 Å². The van der Waals surface area contributed by atoms with E-state index >= 15 is 0 Å². The summed E-state index contributed by atoms with van der Waals surface area (Å²) in [6.45, 7) is 1.84. The summed E-state index contributed by atoms with van der Waals surface area (Å²) in [6.07, 6.45) is 1.23. The summed E-state index contributed by atoms with van der Waals surface area (Å²) in [6, 6.07) is 0. The van der Waals surface area contributed by atoms with Crippen LogP contribution >= 0.6 is 0 Å². The molecule has 0 aliphatic rings. The fourth-order valence-corrected chi connectivity index (χ4v) is 0.963. The Kier molecular flexibility index (Phi) is 14.3. The first-order valence-corrected chi connectivity index (χ1v) is 4.07. The Morgan fingerprint density at radius 1 is 1.40 bits per heavy atom. The van der Waals surface area contributed by atoms with E-state index in [2.05, 4.69) is 0 Å². The maximum Gasteiger partial charge on any atom is 2.00 e. The minimum absolute atomic E-state index is 0. The second-order valence-electron chi connectivity index (χ2n) is 1.62. The molecule has 0 fully saturated rings. The molecule has 0 heterocycles. The summed E-state index contributed by atoms with van der Waals surface area (Å²) < 4.78 is 29.5. The second-order valence-corrected chi connectivity index (χ2v) is 3.14. The third-order valence-electron chi connectivity index (χ3n) is 0.748. The van der Waals surface area contributed by atoms with Gasteiger partial charge in [0.25, 0.3) is 0 Å². The predicted molar refractivity (Wildman–Crippen MR) is 35.2 cm³/mol. The Hall–Kier alpha value is 1.16. The molecule has 3 nitrogen and oxygen atoms in total. The summed E-state index contributed by atoms with van der Waals surface area (Å²) in [5.41, 5.74) is 0. The molecule has 0 aromatic carbocycles. The van der Waals surface area contributed by atoms with Gasteiger partial charge in [-0.05, 0) is 6.42 Å². The minimum atomic E-state index is -3.94. The number of halogens is 1. The molecule has 0 saturated heterocycles. The summed E-state index contributed by atoms with van der Waals surface area (Å²) in [5.74, 6) is -0.219. The molecule has 0 unspecified atom stereocenters. The van der Waals surface area contributed by atoms with Crippen LogP contribution in [0.5, 0.6) is 0 Å². The Morgan fingerprint density at radius 3 is 1.90 bits per heavy atom. The zero-order chi connectivity index (χ0) is 6.62. The van der Waals surface area contributed by atoms with E-state index in [1.807, 2.05) is 6.92 Å². The van der Waals surface area contributed by atoms with Crippen LogP contribution in [0, 0.1) is 0 Å². The number of hydrogen-bond donors (Lipinski definition) is 0. The van der Waals surface area contributed by atoms with Crippen molar-refractivity contribution >= 4 is 33.2 Å². The van der Waals surface area contributed by atoms with Crippen molar-refractivity contribution in [1.29, 1.82) is 0 Å². The van der Waals surface area contributed by atoms with Crippen LogP contribution in [0.15, 0.2) is 0 Å². The van der Waals surface area contributed by atoms with E-state index in [0.29, 0.717) is 6.42 Å². The van der Waals surface area contributed by atoms with Crippen LogP contribution in [-0.2, 0) is 10.1 Å². The molecule has 0 N–H and O–H groups in total. The molecule has 0 amide bonds. The van der Waals surface area contributed by atoms with Crippen LogP contribution in [0.1, 0.15) is 19.8 Å². The average Bonchev–Trinajstić information content (AvgIpc) is 1.59. The van der Waals surface area contributed by atoms with Crippen molar-refractivity contribution in [3.05, 3.63) is 0 Å². The van der Waals surface area contributed by atoms with Crippen LogP contribution in [0.4, 0.5) is 0 Å². The predicted octanol–water partition coefficient (Wildman–Crippen LogP) is -3.05. The van der Waals surface area contributed by atoms with Gasteiger partial charge >= 0.3 is 23.1 Å². The normalized spacial score (nSPS) is 9.40. The van der Waals surface area contributed by atoms with Gasteiger partial charge in [0, 0.05) is 5.75 Å². The average molecular weight is 241 g/mol. The monoisotopic (exact) mass is 240 g/mol. The van der Waals surface area contributed by atoms with Gasteiger partial charge in [-0.3, -0.25) is 0 Å². The van der Waals surface area contributed by atoms with Gasteiger partial charge in [0.15, 0.2) is 0 Å². The molecule has 0 rings (SSSR count). The Labute approximate surface area is 88.2 Å². The van der Waals surface area contributed by atoms with Gasteiger partial charge in [-0.2, -0.15) is 0 Å². The third-order valence-corrected chi connectivity index (χ3v) is 1.54. The standard InChI is InChI=1S/C4H10O3S.BrH.Mg/c1-2-3-4-8(5,6)7;;/h2-4H2,1H3,(H,5,6,7);1H;/q;;+2/p-2. The van der Waals surface area contributed by atoms with Crippen LogP contribution in [0.2, 0.25) is 0 Å². The van der Waals surface area contributed by atoms with E-state index in [9.17, 15) is 13.0 Å². The molecule has 0 spiro atoms. The van der Waals surface area contributed by atoms with Crippen molar-refractivity contribution in [3.8, 4) is 0 Å². The van der Waals surface area contributed by atoms with Crippen molar-refractivity contribution in [3.63, 3.8) is 0 Å². The third kappa shape index (κ3) is 16.1. The molecule has 6 heteroatoms. The van der Waals surface area contributed by atoms with Gasteiger partial charge in [0.1, 0.15) is 0 Å². The molecule has 0 saturated carbocycles. The first kappa shape index (κ1) is 17.3. The van der Waals surface area contributed by atoms with E-state index in [4.69, 9.17) is 0 Å². The van der Waals surface area contributed by atoms with E-state index < -0.39 is 10.1 Å². The van der Waals surface area contributed by atoms with Gasteiger partial charge in [-0.15, -0.1) is 0 Å². The molecule has 0 atom stereocenters. The molecule has 0 aromatic rings. The fraction of sp³-hybridized carbons (Fsp3) is 1.00. The molecule has 0 aliphatic carbocycles. The van der Waals surface area contributed by atoms with E-state index in [1.165, 1.54) is 0 Å². The molecular weight excluding hydrogens is 232 g/mol. The van der Waals surface area contributed by atoms with Crippen LogP contribution in [0.25, 0.3) is 0 Å². The summed E-state index contributed by atoms with van der Waals surface area (Å²) in [5, 5.41) is 0. The largest absolute Gasteiger partial charge is 2.00 e. The fourth-order valence-electron chi connectivity index (χ4n) is 0.321. The van der Waals surface area contributed by atoms with E-state index in [0.717, 1.165) is 6.42 Å². The van der Waals surface area contributed by atoms with E-state index in [-0.39, 0.29) is 45.8 Å². The minimum Gasteiger partial charge on any atom is -1.00 e. The Bertz CT molecular complexity index is 145. The first-order chi connectivity index (χ1) is 3.56. The van der Waals surface area contributed by atoms with Gasteiger partial charge in [0.05, 0.1) is 10.1 Å². The van der Waals surface area contributed by atoms with Gasteiger partial charge < -0.3 is 21.5 Å². The van der Waals surface area contributed by atoms with Gasteiger partial charge in [-0.1, -0.05) is 13.3 Å². The summed E-state index contributed by atoms with van der Waals surface area (Å²) in [7, 11) is -3.94. The van der Waals surface area contributed by atoms with Crippen LogP contribution in [0.3, 0.4) is 0 Å². The maximum atomic E-state index is 9.83. The van der Waals surface area contributed by atoms with Gasteiger partial charge in [0.2, 0.25) is 0 Å². The SMILES string of the molecule is CCCCS(=O)(=O)[O-].[Br-].[Mg+2]. The molecule has 0 aromatic heterocycles. The zero-order valence-corrected chi connectivity index (χ0v) is 9.66. The number of rotatable bonds is 3. The molecule has 58 valence electrons. The smallest absolute Gasteiger partial charge is 1.00 e. The maximum absolute atomic E-state index is 9.83. The zero-order valence-electron chi connectivity index (χ0n) is 5.84. The molecular formula is C4H9BrMgO3S. The molecule has 0 bridgehead atoms. The van der Waals surface area contributed by atoms with Crippen LogP contribution in [-0.4, -0.2) is 41.8 Å². The number of hydrogen-bond acceptors (Lipinski definition) is 3.